The average molecular weight is 697 g/mol. The minimum absolute atomic E-state index is 0.0524. The van der Waals surface area contributed by atoms with Crippen LogP contribution in [-0.2, 0) is 23.9 Å². The van der Waals surface area contributed by atoms with Crippen LogP contribution >= 0.6 is 11.6 Å². The van der Waals surface area contributed by atoms with Crippen molar-refractivity contribution in [2.24, 2.45) is 5.41 Å². The Morgan fingerprint density at radius 1 is 1.02 bits per heavy atom. The number of carbonyl (C=O) groups is 4. The zero-order valence-electron chi connectivity index (χ0n) is 28.1. The first-order valence-electron chi connectivity index (χ1n) is 15.7. The number of carboxylic acids is 1. The van der Waals surface area contributed by atoms with Gasteiger partial charge in [0.25, 0.3) is 5.91 Å². The van der Waals surface area contributed by atoms with Crippen LogP contribution in [0.15, 0.2) is 60.7 Å². The van der Waals surface area contributed by atoms with Gasteiger partial charge in [-0.1, -0.05) is 43.6 Å². The second-order valence-corrected chi connectivity index (χ2v) is 12.7. The van der Waals surface area contributed by atoms with E-state index in [-0.39, 0.29) is 38.3 Å². The third kappa shape index (κ3) is 9.64. The summed E-state index contributed by atoms with van der Waals surface area (Å²) in [6, 6.07) is 16.6. The average Bonchev–Trinajstić information content (AvgIpc) is 3.17. The minimum atomic E-state index is -1.23. The largest absolute Gasteiger partial charge is 0.494 e. The van der Waals surface area contributed by atoms with Crippen molar-refractivity contribution in [2.75, 3.05) is 45.4 Å². The van der Waals surface area contributed by atoms with Crippen LogP contribution in [-0.4, -0.2) is 75.5 Å². The molecule has 49 heavy (non-hydrogen) atoms. The van der Waals surface area contributed by atoms with E-state index in [9.17, 15) is 24.3 Å². The number of nitrogens with zero attached hydrogens (tertiary/aromatic N) is 1. The molecule has 0 spiro atoms. The van der Waals surface area contributed by atoms with Crippen LogP contribution in [0.5, 0.6) is 17.2 Å². The number of halogens is 1. The zero-order chi connectivity index (χ0) is 35.7. The molecule has 13 heteroatoms. The van der Waals surface area contributed by atoms with Crippen molar-refractivity contribution in [1.29, 1.82) is 0 Å². The molecule has 1 aliphatic heterocycles. The number of ether oxygens (including phenoxy) is 5. The van der Waals surface area contributed by atoms with Gasteiger partial charge in [0.2, 0.25) is 5.91 Å². The smallest absolute Gasteiger partial charge is 0.335 e. The molecule has 12 nitrogen and oxygen atoms in total. The molecule has 0 saturated heterocycles. The van der Waals surface area contributed by atoms with Gasteiger partial charge in [0, 0.05) is 47.3 Å². The molecule has 4 rings (SSSR count). The van der Waals surface area contributed by atoms with Gasteiger partial charge in [0.15, 0.2) is 11.5 Å². The number of carbonyl (C=O) groups excluding carboxylic acids is 3. The van der Waals surface area contributed by atoms with E-state index in [0.29, 0.717) is 45.5 Å². The van der Waals surface area contributed by atoms with Crippen molar-refractivity contribution in [3.63, 3.8) is 0 Å². The number of nitrogens with one attached hydrogen (secondary N) is 1. The number of aromatic carboxylic acids is 1. The summed E-state index contributed by atoms with van der Waals surface area (Å²) in [6.45, 7) is 5.71. The molecule has 0 radical (unpaired) electrons. The number of benzene rings is 3. The van der Waals surface area contributed by atoms with Gasteiger partial charge in [-0.05, 0) is 48.9 Å². The minimum Gasteiger partial charge on any atom is -0.494 e. The molecule has 3 aromatic carbocycles. The number of fused-ring (bicyclic) bond motifs is 1. The van der Waals surface area contributed by atoms with Crippen molar-refractivity contribution in [3.05, 3.63) is 82.4 Å². The van der Waals surface area contributed by atoms with Crippen LogP contribution in [0.3, 0.4) is 0 Å². The lowest BCUT2D eigenvalue weighted by molar-refractivity contribution is -0.144. The standard InChI is InChI=1S/C36H41ClN2O10/c1-22(40)48-21-36(2,3)20-39-28-14-13-24(37)18-27(28)32(26-11-7-12-29(45-4)33(26)46-5)49-30(34(39)42)19-31(41)38-15-8-16-47-25-10-6-9-23(17-25)35(43)44/h6-7,9-14,17-18,30,32H,8,15-16,19-21H2,1-5H3,(H,38,41)(H,43,44)/t30-,32-/m1/s1. The molecule has 2 amide bonds. The number of hydrogen-bond acceptors (Lipinski definition) is 9. The second kappa shape index (κ2) is 16.5. The summed E-state index contributed by atoms with van der Waals surface area (Å²) in [5.74, 6) is -1.13. The normalized spacial score (nSPS) is 15.9. The highest BCUT2D eigenvalue weighted by atomic mass is 35.5. The molecule has 0 fully saturated rings. The maximum Gasteiger partial charge on any atom is 0.335 e. The monoisotopic (exact) mass is 696 g/mol. The van der Waals surface area contributed by atoms with Gasteiger partial charge in [-0.25, -0.2) is 4.79 Å². The summed E-state index contributed by atoms with van der Waals surface area (Å²) < 4.78 is 28.8. The Morgan fingerprint density at radius 3 is 2.47 bits per heavy atom. The number of methoxy groups -OCH3 is 2. The van der Waals surface area contributed by atoms with Gasteiger partial charge in [-0.3, -0.25) is 14.4 Å². The van der Waals surface area contributed by atoms with E-state index in [1.165, 1.54) is 33.3 Å². The lowest BCUT2D eigenvalue weighted by atomic mass is 9.92. The van der Waals surface area contributed by atoms with Gasteiger partial charge in [-0.15, -0.1) is 0 Å². The van der Waals surface area contributed by atoms with E-state index in [4.69, 9.17) is 35.3 Å². The second-order valence-electron chi connectivity index (χ2n) is 12.2. The summed E-state index contributed by atoms with van der Waals surface area (Å²) in [4.78, 5) is 52.1. The highest BCUT2D eigenvalue weighted by Crippen LogP contribution is 2.45. The third-order valence-corrected chi connectivity index (χ3v) is 7.97. The third-order valence-electron chi connectivity index (χ3n) is 7.74. The Hall–Kier alpha value is -4.81. The summed E-state index contributed by atoms with van der Waals surface area (Å²) in [5, 5.41) is 12.4. The Labute approximate surface area is 290 Å². The summed E-state index contributed by atoms with van der Waals surface area (Å²) >= 11 is 6.51. The SMILES string of the molecule is COc1cccc([C@H]2O[C@H](CC(=O)NCCCOc3cccc(C(=O)O)c3)C(=O)N(CC(C)(C)COC(C)=O)c3ccc(Cl)cc32)c1OC. The van der Waals surface area contributed by atoms with Crippen molar-refractivity contribution in [1.82, 2.24) is 5.32 Å². The van der Waals surface area contributed by atoms with E-state index in [1.54, 1.807) is 53.4 Å². The van der Waals surface area contributed by atoms with Gasteiger partial charge < -0.3 is 39.0 Å². The maximum atomic E-state index is 14.4. The van der Waals surface area contributed by atoms with Crippen LogP contribution < -0.4 is 24.4 Å². The van der Waals surface area contributed by atoms with Crippen molar-refractivity contribution in [2.45, 2.75) is 45.8 Å². The molecular formula is C36H41ClN2O10. The molecule has 0 unspecified atom stereocenters. The van der Waals surface area contributed by atoms with E-state index in [1.807, 2.05) is 13.8 Å². The van der Waals surface area contributed by atoms with E-state index < -0.39 is 41.4 Å². The molecule has 2 atom stereocenters. The Kier molecular flexibility index (Phi) is 12.5. The fourth-order valence-electron chi connectivity index (χ4n) is 5.45. The molecule has 2 N–H and O–H groups in total. The lowest BCUT2D eigenvalue weighted by Crippen LogP contribution is -2.47. The predicted octanol–water partition coefficient (Wildman–Crippen LogP) is 5.44. The summed E-state index contributed by atoms with van der Waals surface area (Å²) in [7, 11) is 3.02. The molecule has 0 bridgehead atoms. The lowest BCUT2D eigenvalue weighted by Gasteiger charge is -2.33. The van der Waals surface area contributed by atoms with Crippen molar-refractivity contribution < 1.29 is 48.0 Å². The maximum absolute atomic E-state index is 14.4. The van der Waals surface area contributed by atoms with Crippen LogP contribution in [0.25, 0.3) is 0 Å². The fourth-order valence-corrected chi connectivity index (χ4v) is 5.63. The van der Waals surface area contributed by atoms with E-state index in [0.717, 1.165) is 0 Å². The predicted molar refractivity (Wildman–Crippen MR) is 182 cm³/mol. The van der Waals surface area contributed by atoms with Crippen molar-refractivity contribution in [3.8, 4) is 17.2 Å². The number of anilines is 1. The Bertz CT molecular complexity index is 1680. The molecule has 0 aliphatic carbocycles. The van der Waals surface area contributed by atoms with Crippen LogP contribution in [0, 0.1) is 5.41 Å². The fraction of sp³-hybridized carbons (Fsp3) is 0.389. The molecule has 0 saturated carbocycles. The number of rotatable bonds is 15. The molecule has 0 aromatic heterocycles. The van der Waals surface area contributed by atoms with E-state index >= 15 is 0 Å². The number of esters is 1. The van der Waals surface area contributed by atoms with Crippen molar-refractivity contribution >= 4 is 41.0 Å². The number of para-hydroxylation sites is 1. The highest BCUT2D eigenvalue weighted by Gasteiger charge is 2.41. The molecule has 1 aliphatic rings. The topological polar surface area (TPSA) is 150 Å². The van der Waals surface area contributed by atoms with Gasteiger partial charge in [0.05, 0.1) is 39.4 Å². The highest BCUT2D eigenvalue weighted by molar-refractivity contribution is 6.30. The zero-order valence-corrected chi connectivity index (χ0v) is 28.9. The van der Waals surface area contributed by atoms with Crippen LogP contribution in [0.2, 0.25) is 5.02 Å². The Morgan fingerprint density at radius 2 is 1.78 bits per heavy atom. The first kappa shape index (κ1) is 37.0. The Balaban J connectivity index is 1.60. The van der Waals surface area contributed by atoms with Gasteiger partial charge >= 0.3 is 11.9 Å². The summed E-state index contributed by atoms with van der Waals surface area (Å²) in [5.41, 5.74) is 1.09. The quantitative estimate of drug-likeness (QED) is 0.155. The molecule has 262 valence electrons. The van der Waals surface area contributed by atoms with Crippen LogP contribution in [0.1, 0.15) is 61.2 Å². The number of hydrogen-bond donors (Lipinski definition) is 2. The van der Waals surface area contributed by atoms with E-state index in [2.05, 4.69) is 5.32 Å². The number of carboxylic acid groups (broad SMARTS) is 1. The first-order valence-corrected chi connectivity index (χ1v) is 16.0. The van der Waals surface area contributed by atoms with Gasteiger partial charge in [-0.2, -0.15) is 0 Å². The molecular weight excluding hydrogens is 656 g/mol. The van der Waals surface area contributed by atoms with Crippen LogP contribution in [0.4, 0.5) is 5.69 Å². The summed E-state index contributed by atoms with van der Waals surface area (Å²) in [6.07, 6.45) is -2.00. The first-order chi connectivity index (χ1) is 23.3. The molecule has 3 aromatic rings. The molecule has 1 heterocycles. The number of amides is 2. The van der Waals surface area contributed by atoms with Gasteiger partial charge in [0.1, 0.15) is 18.0 Å².